The predicted molar refractivity (Wildman–Crippen MR) is 43.6 cm³/mol. The van der Waals surface area contributed by atoms with Gasteiger partial charge in [0.2, 0.25) is 0 Å². The minimum absolute atomic E-state index is 0. The summed E-state index contributed by atoms with van der Waals surface area (Å²) in [7, 11) is -4.39. The van der Waals surface area contributed by atoms with Crippen molar-refractivity contribution in [3.63, 3.8) is 0 Å². The van der Waals surface area contributed by atoms with Crippen LogP contribution in [0.25, 0.3) is 0 Å². The molecule has 0 radical (unpaired) electrons. The van der Waals surface area contributed by atoms with Gasteiger partial charge in [-0.3, -0.25) is 0 Å². The summed E-state index contributed by atoms with van der Waals surface area (Å²) < 4.78 is 31.8. The van der Waals surface area contributed by atoms with Crippen LogP contribution < -0.4 is 35.3 Å². The summed E-state index contributed by atoms with van der Waals surface area (Å²) in [6, 6.07) is 4.23. The van der Waals surface area contributed by atoms with Gasteiger partial charge in [0.15, 0.2) is 0 Å². The second-order valence-electron chi connectivity index (χ2n) is 2.42. The fourth-order valence-corrected chi connectivity index (χ4v) is 1.64. The van der Waals surface area contributed by atoms with Crippen molar-refractivity contribution in [1.29, 1.82) is 0 Å². The van der Waals surface area contributed by atoms with E-state index in [9.17, 15) is 13.0 Å². The molecule has 0 heterocycles. The quantitative estimate of drug-likeness (QED) is 0.314. The number of hydrogen-bond donors (Lipinski definition) is 1. The summed E-state index contributed by atoms with van der Waals surface area (Å²) >= 11 is 0. The van der Waals surface area contributed by atoms with E-state index in [2.05, 4.69) is 0 Å². The molecule has 1 aromatic rings. The molecule has 0 aliphatic carbocycles. The number of rotatable bonds is 1. The Morgan fingerprint density at radius 3 is 2.31 bits per heavy atom. The van der Waals surface area contributed by atoms with Gasteiger partial charge in [0.05, 0.1) is 4.90 Å². The zero-order valence-corrected chi connectivity index (χ0v) is 10.3. The van der Waals surface area contributed by atoms with Crippen LogP contribution in [-0.4, -0.2) is 13.0 Å². The maximum absolute atomic E-state index is 10.6. The van der Waals surface area contributed by atoms with Gasteiger partial charge in [0.25, 0.3) is 0 Å². The van der Waals surface area contributed by atoms with Gasteiger partial charge in [-0.1, -0.05) is 6.07 Å². The van der Waals surface area contributed by atoms with Gasteiger partial charge in [-0.2, -0.15) is 0 Å². The Labute approximate surface area is 99.2 Å². The average Bonchev–Trinajstić information content (AvgIpc) is 1.92. The van der Waals surface area contributed by atoms with Crippen molar-refractivity contribution in [2.75, 3.05) is 5.73 Å². The molecule has 2 N–H and O–H groups in total. The number of nitrogen functional groups attached to an aromatic ring is 1. The van der Waals surface area contributed by atoms with E-state index in [1.807, 2.05) is 0 Å². The number of anilines is 1. The van der Waals surface area contributed by atoms with Crippen LogP contribution in [0.15, 0.2) is 23.1 Å². The van der Waals surface area contributed by atoms with Crippen molar-refractivity contribution in [2.45, 2.75) is 11.8 Å². The molecule has 13 heavy (non-hydrogen) atoms. The summed E-state index contributed by atoms with van der Waals surface area (Å²) in [5.74, 6) is 0. The van der Waals surface area contributed by atoms with Crippen LogP contribution in [0.2, 0.25) is 0 Å². The topological polar surface area (TPSA) is 83.2 Å². The first-order valence-corrected chi connectivity index (χ1v) is 4.65. The maximum atomic E-state index is 10.6. The van der Waals surface area contributed by atoms with Crippen molar-refractivity contribution in [2.24, 2.45) is 0 Å². The molecule has 66 valence electrons. The largest absolute Gasteiger partial charge is 1.00 e. The minimum atomic E-state index is -4.39. The van der Waals surface area contributed by atoms with Gasteiger partial charge >= 0.3 is 29.6 Å². The molecule has 0 aromatic heterocycles. The van der Waals surface area contributed by atoms with E-state index in [1.165, 1.54) is 19.1 Å². The molecule has 0 saturated carbocycles. The van der Waals surface area contributed by atoms with E-state index >= 15 is 0 Å². The Bertz CT molecular complexity index is 402. The summed E-state index contributed by atoms with van der Waals surface area (Å²) in [5, 5.41) is 0. The second-order valence-corrected chi connectivity index (χ2v) is 3.77. The third kappa shape index (κ3) is 2.96. The van der Waals surface area contributed by atoms with Crippen LogP contribution in [0, 0.1) is 6.92 Å². The zero-order chi connectivity index (χ0) is 9.35. The van der Waals surface area contributed by atoms with E-state index in [4.69, 9.17) is 5.73 Å². The third-order valence-electron chi connectivity index (χ3n) is 1.60. The fraction of sp³-hybridized carbons (Fsp3) is 0.143. The normalized spacial score (nSPS) is 10.6. The van der Waals surface area contributed by atoms with E-state index in [0.717, 1.165) is 0 Å². The van der Waals surface area contributed by atoms with Gasteiger partial charge in [-0.25, -0.2) is 8.42 Å². The number of hydrogen-bond acceptors (Lipinski definition) is 4. The SMILES string of the molecule is Cc1c(N)cccc1S(=O)(=O)[O-].[Na+]. The van der Waals surface area contributed by atoms with Gasteiger partial charge < -0.3 is 10.3 Å². The number of nitrogens with two attached hydrogens (primary N) is 1. The summed E-state index contributed by atoms with van der Waals surface area (Å²) in [6.45, 7) is 1.50. The fourth-order valence-electron chi connectivity index (χ4n) is 0.902. The summed E-state index contributed by atoms with van der Waals surface area (Å²) in [5.41, 5.74) is 6.04. The zero-order valence-electron chi connectivity index (χ0n) is 7.44. The molecule has 0 aliphatic rings. The van der Waals surface area contributed by atoms with Crippen LogP contribution in [0.5, 0.6) is 0 Å². The molecule has 4 nitrogen and oxygen atoms in total. The Kier molecular flexibility index (Phi) is 4.41. The van der Waals surface area contributed by atoms with Crippen molar-refractivity contribution in [3.05, 3.63) is 23.8 Å². The first-order valence-electron chi connectivity index (χ1n) is 3.24. The van der Waals surface area contributed by atoms with Gasteiger partial charge in [0, 0.05) is 5.69 Å². The van der Waals surface area contributed by atoms with Crippen molar-refractivity contribution in [1.82, 2.24) is 0 Å². The maximum Gasteiger partial charge on any atom is 1.00 e. The second kappa shape index (κ2) is 4.43. The summed E-state index contributed by atoms with van der Waals surface area (Å²) in [4.78, 5) is -0.248. The Balaban J connectivity index is 0.00000144. The van der Waals surface area contributed by atoms with E-state index in [-0.39, 0.29) is 34.5 Å². The predicted octanol–water partition coefficient (Wildman–Crippen LogP) is -2.51. The van der Waals surface area contributed by atoms with Gasteiger partial charge in [-0.15, -0.1) is 0 Å². The first-order chi connectivity index (χ1) is 5.43. The van der Waals surface area contributed by atoms with Crippen LogP contribution in [0.3, 0.4) is 0 Å². The average molecular weight is 209 g/mol. The standard InChI is InChI=1S/C7H9NO3S.Na/c1-5-6(8)3-2-4-7(5)12(9,10)11;/h2-4H,8H2,1H3,(H,9,10,11);/q;+1/p-1. The smallest absolute Gasteiger partial charge is 0.744 e. The number of benzene rings is 1. The van der Waals surface area contributed by atoms with Gasteiger partial charge in [0.1, 0.15) is 10.1 Å². The van der Waals surface area contributed by atoms with E-state index in [1.54, 1.807) is 6.07 Å². The Hall–Kier alpha value is -0.0700. The first kappa shape index (κ1) is 12.9. The van der Waals surface area contributed by atoms with Crippen LogP contribution in [0.1, 0.15) is 5.56 Å². The van der Waals surface area contributed by atoms with Crippen LogP contribution in [0.4, 0.5) is 5.69 Å². The monoisotopic (exact) mass is 209 g/mol. The molecule has 0 spiro atoms. The van der Waals surface area contributed by atoms with Crippen LogP contribution in [-0.2, 0) is 10.1 Å². The molecule has 0 aliphatic heterocycles. The van der Waals surface area contributed by atoms with Crippen molar-refractivity contribution < 1.29 is 42.5 Å². The molecule has 0 bridgehead atoms. The molecule has 0 amide bonds. The molecule has 0 unspecified atom stereocenters. The molecular weight excluding hydrogens is 201 g/mol. The molecular formula is C7H8NNaO3S. The third-order valence-corrected chi connectivity index (χ3v) is 2.58. The van der Waals surface area contributed by atoms with E-state index in [0.29, 0.717) is 11.3 Å². The van der Waals surface area contributed by atoms with Gasteiger partial charge in [-0.05, 0) is 24.6 Å². The van der Waals surface area contributed by atoms with Crippen molar-refractivity contribution >= 4 is 15.8 Å². The van der Waals surface area contributed by atoms with Crippen LogP contribution >= 0.6 is 0 Å². The Morgan fingerprint density at radius 2 is 1.92 bits per heavy atom. The molecule has 0 atom stereocenters. The molecule has 6 heteroatoms. The van der Waals surface area contributed by atoms with E-state index < -0.39 is 10.1 Å². The minimum Gasteiger partial charge on any atom is -0.744 e. The molecule has 1 aromatic carbocycles. The van der Waals surface area contributed by atoms with Crippen molar-refractivity contribution in [3.8, 4) is 0 Å². The Morgan fingerprint density at radius 1 is 1.38 bits per heavy atom. The molecule has 1 rings (SSSR count). The molecule has 0 fully saturated rings. The molecule has 0 saturated heterocycles. The summed E-state index contributed by atoms with van der Waals surface area (Å²) in [6.07, 6.45) is 0.